The molecule has 92 valence electrons. The van der Waals surface area contributed by atoms with Crippen molar-refractivity contribution in [3.8, 4) is 6.07 Å². The summed E-state index contributed by atoms with van der Waals surface area (Å²) in [6, 6.07) is 4.46. The van der Waals surface area contributed by atoms with Gasteiger partial charge in [0.2, 0.25) is 5.43 Å². The quantitative estimate of drug-likeness (QED) is 0.476. The van der Waals surface area contributed by atoms with Gasteiger partial charge >= 0.3 is 0 Å². The summed E-state index contributed by atoms with van der Waals surface area (Å²) in [6.07, 6.45) is 1.27. The van der Waals surface area contributed by atoms with Crippen LogP contribution in [0.5, 0.6) is 0 Å². The molecule has 8 heteroatoms. The number of rotatable bonds is 2. The Morgan fingerprint density at radius 3 is 2.83 bits per heavy atom. The molecule has 1 heterocycles. The Kier molecular flexibility index (Phi) is 3.60. The summed E-state index contributed by atoms with van der Waals surface area (Å²) in [6.45, 7) is 0. The summed E-state index contributed by atoms with van der Waals surface area (Å²) >= 11 is 4.13. The molecular formula is C10H5ClIN3O3. The minimum absolute atomic E-state index is 0.0583. The molecular weight excluding hydrogens is 372 g/mol. The van der Waals surface area contributed by atoms with E-state index in [1.807, 2.05) is 0 Å². The second-order valence-electron chi connectivity index (χ2n) is 3.32. The fourth-order valence-electron chi connectivity index (χ4n) is 1.50. The van der Waals surface area contributed by atoms with E-state index in [1.165, 1.54) is 18.3 Å². The van der Waals surface area contributed by atoms with Gasteiger partial charge in [-0.05, 0) is 12.1 Å². The number of fused-ring (bicyclic) bond motifs is 1. The third-order valence-electron chi connectivity index (χ3n) is 2.32. The Hall–Kier alpha value is -1.50. The first-order valence-corrected chi connectivity index (χ1v) is 6.82. The van der Waals surface area contributed by atoms with Crippen molar-refractivity contribution in [2.75, 3.05) is 3.28 Å². The van der Waals surface area contributed by atoms with E-state index < -0.39 is 26.9 Å². The Labute approximate surface area is 116 Å². The predicted molar refractivity (Wildman–Crippen MR) is 73.3 cm³/mol. The molecule has 0 aliphatic rings. The average Bonchev–Trinajstić information content (AvgIpc) is 2.38. The molecule has 1 aromatic heterocycles. The molecule has 2 aromatic rings. The monoisotopic (exact) mass is 377 g/mol. The van der Waals surface area contributed by atoms with Gasteiger partial charge in [0.15, 0.2) is 0 Å². The molecule has 0 amide bonds. The van der Waals surface area contributed by atoms with Crippen LogP contribution in [0.1, 0.15) is 5.56 Å². The number of nitrogens with one attached hydrogen (secondary N) is 1. The number of nitrogens with zero attached hydrogens (tertiary/aromatic N) is 2. The lowest BCUT2D eigenvalue weighted by Crippen LogP contribution is -2.09. The molecule has 0 aliphatic heterocycles. The molecule has 0 bridgehead atoms. The standard InChI is InChI=1S/C10H5ClIN3O3/c11-8-2-6(15(18)12-17)1-7-9(8)14-4-5(3-13)10(7)16/h1-2,4,18H,(H,14,16). The lowest BCUT2D eigenvalue weighted by atomic mass is 10.1. The Bertz CT molecular complexity index is 737. The van der Waals surface area contributed by atoms with Gasteiger partial charge < -0.3 is 4.98 Å². The topological polar surface area (TPSA) is 97.2 Å². The van der Waals surface area contributed by atoms with E-state index in [2.05, 4.69) is 4.98 Å². The highest BCUT2D eigenvalue weighted by Crippen LogP contribution is 2.28. The van der Waals surface area contributed by atoms with Crippen molar-refractivity contribution in [2.45, 2.75) is 0 Å². The maximum atomic E-state index is 11.9. The summed E-state index contributed by atoms with van der Waals surface area (Å²) in [5.74, 6) is 0. The highest BCUT2D eigenvalue weighted by atomic mass is 127. The van der Waals surface area contributed by atoms with Crippen LogP contribution in [0.2, 0.25) is 5.02 Å². The Balaban J connectivity index is 2.86. The molecule has 18 heavy (non-hydrogen) atoms. The molecule has 0 saturated carbocycles. The van der Waals surface area contributed by atoms with Gasteiger partial charge in [0.1, 0.15) is 11.6 Å². The van der Waals surface area contributed by atoms with E-state index in [0.717, 1.165) is 0 Å². The largest absolute Gasteiger partial charge is 0.358 e. The number of aromatic amines is 1. The smallest absolute Gasteiger partial charge is 0.300 e. The molecule has 0 radical (unpaired) electrons. The van der Waals surface area contributed by atoms with Crippen LogP contribution >= 0.6 is 33.1 Å². The molecule has 2 rings (SSSR count). The number of nitriles is 1. The Morgan fingerprint density at radius 1 is 1.50 bits per heavy atom. The molecule has 2 N–H and O–H groups in total. The molecule has 0 unspecified atom stereocenters. The van der Waals surface area contributed by atoms with Crippen LogP contribution in [0, 0.1) is 11.3 Å². The second kappa shape index (κ2) is 5.01. The second-order valence-corrected chi connectivity index (χ2v) is 5.04. The molecule has 0 aliphatic carbocycles. The molecule has 0 saturated heterocycles. The first kappa shape index (κ1) is 12.9. The van der Waals surface area contributed by atoms with Crippen LogP contribution in [0.25, 0.3) is 10.9 Å². The summed E-state index contributed by atoms with van der Waals surface area (Å²) in [7, 11) is 0. The molecule has 0 fully saturated rings. The van der Waals surface area contributed by atoms with E-state index in [-0.39, 0.29) is 21.7 Å². The van der Waals surface area contributed by atoms with Crippen LogP contribution in [0.3, 0.4) is 0 Å². The molecule has 6 nitrogen and oxygen atoms in total. The summed E-state index contributed by atoms with van der Waals surface area (Å²) in [5.41, 5.74) is -0.0395. The number of hydrogen-bond donors (Lipinski definition) is 2. The predicted octanol–water partition coefficient (Wildman–Crippen LogP) is 2.48. The SMILES string of the molecule is N#Cc1c[nH]c2c(Cl)cc(N(O)I=O)cc2c1=O. The minimum Gasteiger partial charge on any atom is -0.358 e. The van der Waals surface area contributed by atoms with E-state index in [9.17, 15) is 13.1 Å². The zero-order valence-electron chi connectivity index (χ0n) is 8.65. The molecule has 0 atom stereocenters. The van der Waals surface area contributed by atoms with E-state index >= 15 is 0 Å². The van der Waals surface area contributed by atoms with Crippen molar-refractivity contribution in [3.05, 3.63) is 39.1 Å². The van der Waals surface area contributed by atoms with Gasteiger partial charge in [-0.2, -0.15) is 8.54 Å². The van der Waals surface area contributed by atoms with Crippen LogP contribution in [-0.2, 0) is 3.07 Å². The zero-order chi connectivity index (χ0) is 13.3. The van der Waals surface area contributed by atoms with Crippen molar-refractivity contribution >= 4 is 49.7 Å². The van der Waals surface area contributed by atoms with Crippen molar-refractivity contribution in [3.63, 3.8) is 0 Å². The van der Waals surface area contributed by atoms with Gasteiger partial charge in [-0.1, -0.05) is 11.6 Å². The lowest BCUT2D eigenvalue weighted by Gasteiger charge is -2.09. The van der Waals surface area contributed by atoms with E-state index in [4.69, 9.17) is 16.9 Å². The fourth-order valence-corrected chi connectivity index (χ4v) is 2.28. The number of hydrogen-bond acceptors (Lipinski definition) is 4. The first-order valence-electron chi connectivity index (χ1n) is 4.60. The van der Waals surface area contributed by atoms with Gasteiger partial charge in [-0.3, -0.25) is 10.0 Å². The lowest BCUT2D eigenvalue weighted by molar-refractivity contribution is 0.344. The van der Waals surface area contributed by atoms with Gasteiger partial charge in [0, 0.05) is 6.20 Å². The number of anilines is 1. The Morgan fingerprint density at radius 2 is 2.22 bits per heavy atom. The normalized spacial score (nSPS) is 10.3. The number of halogens is 2. The van der Waals surface area contributed by atoms with Gasteiger partial charge in [0.25, 0.3) is 21.5 Å². The van der Waals surface area contributed by atoms with Crippen molar-refractivity contribution in [1.29, 1.82) is 5.26 Å². The summed E-state index contributed by atoms with van der Waals surface area (Å²) in [4.78, 5) is 14.6. The third kappa shape index (κ3) is 2.10. The highest BCUT2D eigenvalue weighted by molar-refractivity contribution is 14.1. The third-order valence-corrected chi connectivity index (χ3v) is 3.55. The van der Waals surface area contributed by atoms with Gasteiger partial charge in [-0.15, -0.1) is 0 Å². The first-order chi connectivity index (χ1) is 8.58. The van der Waals surface area contributed by atoms with E-state index in [0.29, 0.717) is 8.79 Å². The number of benzene rings is 1. The number of H-pyrrole nitrogens is 1. The highest BCUT2D eigenvalue weighted by Gasteiger charge is 2.12. The van der Waals surface area contributed by atoms with Crippen molar-refractivity contribution in [2.24, 2.45) is 0 Å². The number of pyridine rings is 1. The van der Waals surface area contributed by atoms with Crippen molar-refractivity contribution in [1.82, 2.24) is 4.98 Å². The van der Waals surface area contributed by atoms with Crippen LogP contribution in [0.4, 0.5) is 5.69 Å². The fraction of sp³-hybridized carbons (Fsp3) is 0. The van der Waals surface area contributed by atoms with Crippen LogP contribution < -0.4 is 8.71 Å². The van der Waals surface area contributed by atoms with Gasteiger partial charge in [-0.25, -0.2) is 3.07 Å². The molecule has 1 aromatic carbocycles. The number of aromatic nitrogens is 1. The average molecular weight is 378 g/mol. The maximum absolute atomic E-state index is 11.9. The van der Waals surface area contributed by atoms with Crippen LogP contribution in [-0.4, -0.2) is 10.2 Å². The van der Waals surface area contributed by atoms with Crippen molar-refractivity contribution < 1.29 is 8.28 Å². The summed E-state index contributed by atoms with van der Waals surface area (Å²) in [5, 5.41) is 18.5. The zero-order valence-corrected chi connectivity index (χ0v) is 11.6. The summed E-state index contributed by atoms with van der Waals surface area (Å²) < 4.78 is 11.2. The van der Waals surface area contributed by atoms with Gasteiger partial charge in [0.05, 0.1) is 21.6 Å². The minimum atomic E-state index is -1.82. The maximum Gasteiger partial charge on any atom is 0.300 e. The van der Waals surface area contributed by atoms with Crippen LogP contribution in [0.15, 0.2) is 23.1 Å². The van der Waals surface area contributed by atoms with E-state index in [1.54, 1.807) is 6.07 Å². The molecule has 0 spiro atoms.